The van der Waals surface area contributed by atoms with E-state index < -0.39 is 40.8 Å². The van der Waals surface area contributed by atoms with Crippen molar-refractivity contribution in [1.29, 1.82) is 0 Å². The van der Waals surface area contributed by atoms with Crippen LogP contribution in [0.4, 0.5) is 0 Å². The number of likely N-dealkylation sites (N-methyl/N-ethyl adjacent to an activating group) is 1. The van der Waals surface area contributed by atoms with Crippen LogP contribution in [0.5, 0.6) is 5.75 Å². The molecule has 9 nitrogen and oxygen atoms in total. The van der Waals surface area contributed by atoms with Crippen molar-refractivity contribution >= 4 is 11.6 Å². The Labute approximate surface area is 210 Å². The summed E-state index contributed by atoms with van der Waals surface area (Å²) in [5.41, 5.74) is 4.36. The van der Waals surface area contributed by atoms with Gasteiger partial charge in [0, 0.05) is 23.7 Å². The summed E-state index contributed by atoms with van der Waals surface area (Å²) in [4.78, 5) is 31.1. The van der Waals surface area contributed by atoms with E-state index in [4.69, 9.17) is 5.73 Å². The van der Waals surface area contributed by atoms with Crippen LogP contribution in [0.3, 0.4) is 0 Å². The van der Waals surface area contributed by atoms with Crippen LogP contribution in [0.15, 0.2) is 47.1 Å². The number of hydrogen-bond acceptors (Lipinski definition) is 9. The number of benzene rings is 1. The second kappa shape index (κ2) is 9.06. The molecule has 9 heteroatoms. The Hall–Kier alpha value is -3.14. The van der Waals surface area contributed by atoms with Crippen LogP contribution in [0, 0.1) is 11.8 Å². The van der Waals surface area contributed by atoms with E-state index in [0.717, 1.165) is 18.7 Å². The zero-order valence-corrected chi connectivity index (χ0v) is 21.2. The molecule has 0 fully saturated rings. The number of ketones is 2. The number of nitrogens with two attached hydrogens (primary N) is 1. The molecule has 0 radical (unpaired) electrons. The summed E-state index contributed by atoms with van der Waals surface area (Å²) in [6, 6.07) is 2.44. The molecule has 3 aliphatic rings. The summed E-state index contributed by atoms with van der Waals surface area (Å²) < 4.78 is 0. The number of carbonyl (C=O) groups excluding carboxylic acids is 2. The Kier molecular flexibility index (Phi) is 6.53. The van der Waals surface area contributed by atoms with Crippen LogP contribution in [0.1, 0.15) is 41.8 Å². The van der Waals surface area contributed by atoms with Gasteiger partial charge in [-0.3, -0.25) is 19.4 Å². The van der Waals surface area contributed by atoms with Gasteiger partial charge >= 0.3 is 0 Å². The third-order valence-corrected chi connectivity index (χ3v) is 8.07. The van der Waals surface area contributed by atoms with Gasteiger partial charge in [0.25, 0.3) is 0 Å². The van der Waals surface area contributed by atoms with E-state index in [-0.39, 0.29) is 40.3 Å². The number of aliphatic hydroxyl groups is 3. The van der Waals surface area contributed by atoms with Crippen LogP contribution in [0.2, 0.25) is 0 Å². The summed E-state index contributed by atoms with van der Waals surface area (Å²) in [6.45, 7) is 9.89. The quantitative estimate of drug-likeness (QED) is 0.398. The van der Waals surface area contributed by atoms with Crippen molar-refractivity contribution < 1.29 is 30.0 Å². The topological polar surface area (TPSA) is 148 Å². The molecule has 0 bridgehead atoms. The van der Waals surface area contributed by atoms with Gasteiger partial charge in [-0.25, -0.2) is 0 Å². The summed E-state index contributed by atoms with van der Waals surface area (Å²) >= 11 is 0. The van der Waals surface area contributed by atoms with Gasteiger partial charge in [0.15, 0.2) is 11.4 Å². The Morgan fingerprint density at radius 1 is 1.17 bits per heavy atom. The molecule has 0 unspecified atom stereocenters. The summed E-state index contributed by atoms with van der Waals surface area (Å²) in [5, 5.41) is 44.8. The van der Waals surface area contributed by atoms with E-state index in [1.54, 1.807) is 19.0 Å². The maximum Gasteiger partial charge on any atom is 0.208 e. The van der Waals surface area contributed by atoms with Gasteiger partial charge in [0.1, 0.15) is 17.3 Å². The number of fused-ring (bicyclic) bond motifs is 3. The molecule has 0 saturated carbocycles. The average Bonchev–Trinajstić information content (AvgIpc) is 2.80. The Morgan fingerprint density at radius 2 is 1.81 bits per heavy atom. The summed E-state index contributed by atoms with van der Waals surface area (Å²) in [7, 11) is 3.37. The van der Waals surface area contributed by atoms with Gasteiger partial charge in [-0.1, -0.05) is 26.5 Å². The SMILES string of the molecule is C=C(N)C1=C(O)[C@H](N(C)C)[C@@H]2C[C@@H]3Cc4c(CN(CC)CC)ccc(O)c4C(=O)C3=C(O)[C@]2(O)C1=O. The van der Waals surface area contributed by atoms with Crippen LogP contribution < -0.4 is 5.73 Å². The number of allylic oxidation sites excluding steroid dienone is 2. The molecule has 6 N–H and O–H groups in total. The van der Waals surface area contributed by atoms with Crippen molar-refractivity contribution in [2.75, 3.05) is 27.2 Å². The lowest BCUT2D eigenvalue weighted by Gasteiger charge is -2.50. The minimum Gasteiger partial charge on any atom is -0.510 e. The van der Waals surface area contributed by atoms with E-state index in [2.05, 4.69) is 11.5 Å². The van der Waals surface area contributed by atoms with Gasteiger partial charge in [-0.2, -0.15) is 0 Å². The largest absolute Gasteiger partial charge is 0.510 e. The van der Waals surface area contributed by atoms with Crippen molar-refractivity contribution in [3.63, 3.8) is 0 Å². The molecule has 4 rings (SSSR count). The number of rotatable bonds is 6. The Balaban J connectivity index is 1.91. The molecule has 3 aliphatic carbocycles. The Morgan fingerprint density at radius 3 is 2.36 bits per heavy atom. The van der Waals surface area contributed by atoms with Crippen LogP contribution in [0.25, 0.3) is 0 Å². The average molecular weight is 498 g/mol. The van der Waals surface area contributed by atoms with E-state index in [0.29, 0.717) is 18.5 Å². The van der Waals surface area contributed by atoms with E-state index in [1.165, 1.54) is 6.07 Å². The van der Waals surface area contributed by atoms with Gasteiger partial charge < -0.3 is 26.2 Å². The Bertz CT molecular complexity index is 1210. The fraction of sp³-hybridized carbons (Fsp3) is 0.481. The fourth-order valence-corrected chi connectivity index (χ4v) is 6.22. The minimum atomic E-state index is -2.47. The number of phenols is 1. The van der Waals surface area contributed by atoms with Gasteiger partial charge in [-0.05, 0) is 63.1 Å². The molecule has 0 amide bonds. The monoisotopic (exact) mass is 497 g/mol. The molecule has 1 aromatic carbocycles. The first kappa shape index (κ1) is 25.9. The predicted molar refractivity (Wildman–Crippen MR) is 134 cm³/mol. The number of aromatic hydroxyl groups is 1. The number of carbonyl (C=O) groups is 2. The van der Waals surface area contributed by atoms with Gasteiger partial charge in [0.05, 0.1) is 17.2 Å². The highest BCUT2D eigenvalue weighted by Gasteiger charge is 2.62. The number of phenolic OH excluding ortho intramolecular Hbond substituents is 1. The van der Waals surface area contributed by atoms with Crippen molar-refractivity contribution in [1.82, 2.24) is 9.80 Å². The fourth-order valence-electron chi connectivity index (χ4n) is 6.22. The maximum atomic E-state index is 13.7. The van der Waals surface area contributed by atoms with Gasteiger partial charge in [0.2, 0.25) is 5.78 Å². The lowest BCUT2D eigenvalue weighted by molar-refractivity contribution is -0.146. The third-order valence-electron chi connectivity index (χ3n) is 8.07. The smallest absolute Gasteiger partial charge is 0.208 e. The summed E-state index contributed by atoms with van der Waals surface area (Å²) in [6.07, 6.45) is 0.498. The standard InChI is InChI=1S/C27H35N3O6/c1-6-30(7-2)12-14-8-9-18(31)21-16(14)10-15-11-17-22(29(4)5)24(33)19(13(3)28)25(34)27(17,36)26(35)20(15)23(21)32/h8-9,15,17,22,31,33,35-36H,3,6-7,10-12,28H2,1-2,4-5H3/t15-,17-,22+,27+/m0/s1. The van der Waals surface area contributed by atoms with Crippen molar-refractivity contribution in [2.24, 2.45) is 17.6 Å². The highest BCUT2D eigenvalue weighted by molar-refractivity contribution is 6.16. The molecule has 0 saturated heterocycles. The van der Waals surface area contributed by atoms with Crippen molar-refractivity contribution in [2.45, 2.75) is 44.9 Å². The molecule has 0 heterocycles. The minimum absolute atomic E-state index is 0.0780. The zero-order valence-electron chi connectivity index (χ0n) is 21.2. The first-order valence-corrected chi connectivity index (χ1v) is 12.3. The lowest BCUT2D eigenvalue weighted by atomic mass is 9.58. The van der Waals surface area contributed by atoms with E-state index >= 15 is 0 Å². The first-order chi connectivity index (χ1) is 16.9. The molecule has 0 spiro atoms. The molecule has 36 heavy (non-hydrogen) atoms. The van der Waals surface area contributed by atoms with Crippen LogP contribution in [-0.2, 0) is 17.8 Å². The molecule has 0 aromatic heterocycles. The lowest BCUT2D eigenvalue weighted by Crippen LogP contribution is -2.63. The molecule has 1 aromatic rings. The molecular formula is C27H35N3O6. The number of aliphatic hydroxyl groups excluding tert-OH is 2. The second-order valence-corrected chi connectivity index (χ2v) is 10.2. The highest BCUT2D eigenvalue weighted by atomic mass is 16.3. The van der Waals surface area contributed by atoms with Gasteiger partial charge in [-0.15, -0.1) is 0 Å². The molecule has 4 atom stereocenters. The normalized spacial score (nSPS) is 27.9. The van der Waals surface area contributed by atoms with E-state index in [1.807, 2.05) is 19.9 Å². The number of hydrogen-bond donors (Lipinski definition) is 5. The van der Waals surface area contributed by atoms with Crippen LogP contribution >= 0.6 is 0 Å². The predicted octanol–water partition coefficient (Wildman–Crippen LogP) is 1.95. The molecule has 194 valence electrons. The molecular weight excluding hydrogens is 462 g/mol. The van der Waals surface area contributed by atoms with Crippen molar-refractivity contribution in [3.05, 3.63) is 63.8 Å². The van der Waals surface area contributed by atoms with Crippen molar-refractivity contribution in [3.8, 4) is 5.75 Å². The molecule has 0 aliphatic heterocycles. The number of nitrogens with zero attached hydrogens (tertiary/aromatic N) is 2. The second-order valence-electron chi connectivity index (χ2n) is 10.2. The maximum absolute atomic E-state index is 13.7. The van der Waals surface area contributed by atoms with Crippen LogP contribution in [-0.4, -0.2) is 80.6 Å². The highest BCUT2D eigenvalue weighted by Crippen LogP contribution is 2.52. The zero-order chi connectivity index (χ0) is 26.7. The van der Waals surface area contributed by atoms with E-state index in [9.17, 15) is 30.0 Å². The number of Topliss-reactive ketones (excluding diaryl/α,β-unsaturated/α-hetero) is 2. The third kappa shape index (κ3) is 3.56. The first-order valence-electron chi connectivity index (χ1n) is 12.3. The summed E-state index contributed by atoms with van der Waals surface area (Å²) in [5.74, 6) is -4.31.